The van der Waals surface area contributed by atoms with Crippen molar-refractivity contribution in [2.75, 3.05) is 4.90 Å². The first-order valence-corrected chi connectivity index (χ1v) is 6.24. The van der Waals surface area contributed by atoms with Crippen LogP contribution in [0.4, 0.5) is 5.69 Å². The molecule has 3 rings (SSSR count). The molecule has 1 aromatic heterocycles. The maximum Gasteiger partial charge on any atom is 0.224 e. The van der Waals surface area contributed by atoms with E-state index in [1.165, 1.54) is 0 Å². The average molecular weight is 250 g/mol. The van der Waals surface area contributed by atoms with Gasteiger partial charge >= 0.3 is 0 Å². The molecule has 0 atom stereocenters. The Morgan fingerprint density at radius 2 is 1.95 bits per heavy atom. The zero-order valence-corrected chi connectivity index (χ0v) is 10.7. The van der Waals surface area contributed by atoms with Crippen molar-refractivity contribution in [3.8, 4) is 0 Å². The molecule has 3 nitrogen and oxygen atoms in total. The van der Waals surface area contributed by atoms with Crippen molar-refractivity contribution in [3.05, 3.63) is 59.4 Å². The first-order valence-electron chi connectivity index (χ1n) is 6.24. The molecular weight excluding hydrogens is 236 g/mol. The van der Waals surface area contributed by atoms with E-state index >= 15 is 0 Å². The van der Waals surface area contributed by atoms with Gasteiger partial charge in [0.25, 0.3) is 0 Å². The minimum absolute atomic E-state index is 0.0394. The fraction of sp³-hybridized carbons (Fsp3) is 0.125. The summed E-state index contributed by atoms with van der Waals surface area (Å²) < 4.78 is 0. The Kier molecular flexibility index (Phi) is 2.88. The summed E-state index contributed by atoms with van der Waals surface area (Å²) in [6, 6.07) is 10.0. The molecule has 1 aliphatic rings. The average Bonchev–Trinajstić information content (AvgIpc) is 2.41. The van der Waals surface area contributed by atoms with Crippen LogP contribution in [0.15, 0.2) is 42.7 Å². The predicted molar refractivity (Wildman–Crippen MR) is 76.5 cm³/mol. The fourth-order valence-electron chi connectivity index (χ4n) is 2.33. The number of fused-ring (bicyclic) bond motifs is 2. The fourth-order valence-corrected chi connectivity index (χ4v) is 2.33. The van der Waals surface area contributed by atoms with Gasteiger partial charge in [-0.15, -0.1) is 0 Å². The quantitative estimate of drug-likeness (QED) is 0.719. The SMILES string of the molecule is CC(=O)N1Cc2ccccc2/C=C\c2cnccc21. The summed E-state index contributed by atoms with van der Waals surface area (Å²) in [4.78, 5) is 17.8. The number of carbonyl (C=O) groups is 1. The van der Waals surface area contributed by atoms with Gasteiger partial charge in [0.15, 0.2) is 0 Å². The normalized spacial score (nSPS) is 14.9. The Morgan fingerprint density at radius 3 is 2.79 bits per heavy atom. The minimum Gasteiger partial charge on any atom is -0.308 e. The van der Waals surface area contributed by atoms with Crippen LogP contribution in [0.2, 0.25) is 0 Å². The van der Waals surface area contributed by atoms with E-state index in [2.05, 4.69) is 23.2 Å². The molecule has 0 radical (unpaired) electrons. The monoisotopic (exact) mass is 250 g/mol. The Morgan fingerprint density at radius 1 is 1.16 bits per heavy atom. The van der Waals surface area contributed by atoms with E-state index in [-0.39, 0.29) is 5.91 Å². The van der Waals surface area contributed by atoms with Crippen LogP contribution in [0.1, 0.15) is 23.6 Å². The van der Waals surface area contributed by atoms with Crippen LogP contribution in [0.25, 0.3) is 12.2 Å². The number of hydrogen-bond acceptors (Lipinski definition) is 2. The Bertz CT molecular complexity index is 661. The van der Waals surface area contributed by atoms with Crippen molar-refractivity contribution in [3.63, 3.8) is 0 Å². The van der Waals surface area contributed by atoms with Crippen molar-refractivity contribution in [2.24, 2.45) is 0 Å². The number of nitrogens with zero attached hydrogens (tertiary/aromatic N) is 2. The number of pyridine rings is 1. The first kappa shape index (κ1) is 11.7. The molecule has 0 spiro atoms. The van der Waals surface area contributed by atoms with Crippen molar-refractivity contribution < 1.29 is 4.79 Å². The highest BCUT2D eigenvalue weighted by molar-refractivity contribution is 5.95. The van der Waals surface area contributed by atoms with Gasteiger partial charge in [-0.2, -0.15) is 0 Å². The lowest BCUT2D eigenvalue weighted by molar-refractivity contribution is -0.116. The van der Waals surface area contributed by atoms with Crippen LogP contribution in [0.3, 0.4) is 0 Å². The van der Waals surface area contributed by atoms with E-state index in [0.29, 0.717) is 6.54 Å². The summed E-state index contributed by atoms with van der Waals surface area (Å²) in [5.74, 6) is 0.0394. The van der Waals surface area contributed by atoms with Crippen LogP contribution >= 0.6 is 0 Å². The topological polar surface area (TPSA) is 33.2 Å². The molecule has 1 aromatic carbocycles. The molecular formula is C16H14N2O. The Hall–Kier alpha value is -2.42. The first-order chi connectivity index (χ1) is 9.25. The molecule has 0 saturated carbocycles. The molecule has 0 fully saturated rings. The van der Waals surface area contributed by atoms with Gasteiger partial charge in [-0.05, 0) is 17.2 Å². The van der Waals surface area contributed by atoms with Crippen molar-refractivity contribution in [1.82, 2.24) is 4.98 Å². The number of rotatable bonds is 0. The van der Waals surface area contributed by atoms with Gasteiger partial charge in [0, 0.05) is 24.9 Å². The second-order valence-corrected chi connectivity index (χ2v) is 4.57. The molecule has 0 N–H and O–H groups in total. The third-order valence-electron chi connectivity index (χ3n) is 3.32. The third kappa shape index (κ3) is 2.15. The summed E-state index contributed by atoms with van der Waals surface area (Å²) in [6.45, 7) is 2.19. The summed E-state index contributed by atoms with van der Waals surface area (Å²) in [7, 11) is 0. The summed E-state index contributed by atoms with van der Waals surface area (Å²) in [5, 5.41) is 0. The number of aromatic nitrogens is 1. The van der Waals surface area contributed by atoms with Crippen molar-refractivity contribution in [2.45, 2.75) is 13.5 Å². The number of anilines is 1. The number of hydrogen-bond donors (Lipinski definition) is 0. The predicted octanol–water partition coefficient (Wildman–Crippen LogP) is 3.12. The zero-order valence-electron chi connectivity index (χ0n) is 10.7. The highest BCUT2D eigenvalue weighted by Crippen LogP contribution is 2.27. The van der Waals surface area contributed by atoms with Crippen LogP contribution in [0.5, 0.6) is 0 Å². The highest BCUT2D eigenvalue weighted by Gasteiger charge is 2.17. The van der Waals surface area contributed by atoms with Crippen LogP contribution in [-0.2, 0) is 11.3 Å². The summed E-state index contributed by atoms with van der Waals surface area (Å²) in [6.07, 6.45) is 7.59. The molecule has 0 bridgehead atoms. The Balaban J connectivity index is 2.19. The molecule has 0 saturated heterocycles. The summed E-state index contributed by atoms with van der Waals surface area (Å²) in [5.41, 5.74) is 4.17. The van der Waals surface area contributed by atoms with E-state index in [1.54, 1.807) is 24.2 Å². The van der Waals surface area contributed by atoms with Gasteiger partial charge in [0.1, 0.15) is 0 Å². The smallest absolute Gasteiger partial charge is 0.224 e. The second-order valence-electron chi connectivity index (χ2n) is 4.57. The molecule has 0 unspecified atom stereocenters. The molecule has 19 heavy (non-hydrogen) atoms. The van der Waals surface area contributed by atoms with E-state index in [1.807, 2.05) is 24.3 Å². The van der Waals surface area contributed by atoms with Crippen molar-refractivity contribution in [1.29, 1.82) is 0 Å². The second kappa shape index (κ2) is 4.69. The molecule has 2 heterocycles. The molecule has 2 aromatic rings. The van der Waals surface area contributed by atoms with Crippen LogP contribution in [0, 0.1) is 0 Å². The van der Waals surface area contributed by atoms with E-state index in [4.69, 9.17) is 0 Å². The van der Waals surface area contributed by atoms with Gasteiger partial charge in [-0.3, -0.25) is 9.78 Å². The van der Waals surface area contributed by atoms with Crippen molar-refractivity contribution >= 4 is 23.7 Å². The molecule has 1 aliphatic heterocycles. The largest absolute Gasteiger partial charge is 0.308 e. The van der Waals surface area contributed by atoms with Crippen LogP contribution < -0.4 is 4.90 Å². The van der Waals surface area contributed by atoms with Gasteiger partial charge < -0.3 is 4.90 Å². The standard InChI is InChI=1S/C16H14N2O/c1-12(19)18-11-15-5-3-2-4-13(15)6-7-14-10-17-9-8-16(14)18/h2-10H,11H2,1H3/b7-6-. The van der Waals surface area contributed by atoms with E-state index in [9.17, 15) is 4.79 Å². The summed E-state index contributed by atoms with van der Waals surface area (Å²) >= 11 is 0. The maximum absolute atomic E-state index is 11.9. The lowest BCUT2D eigenvalue weighted by Crippen LogP contribution is -2.29. The minimum atomic E-state index is 0.0394. The third-order valence-corrected chi connectivity index (χ3v) is 3.32. The molecule has 3 heteroatoms. The lowest BCUT2D eigenvalue weighted by Gasteiger charge is -2.25. The number of amides is 1. The lowest BCUT2D eigenvalue weighted by atomic mass is 10.0. The Labute approximate surface area is 112 Å². The van der Waals surface area contributed by atoms with E-state index in [0.717, 1.165) is 22.4 Å². The highest BCUT2D eigenvalue weighted by atomic mass is 16.2. The maximum atomic E-state index is 11.9. The van der Waals surface area contributed by atoms with Gasteiger partial charge in [0.05, 0.1) is 12.2 Å². The van der Waals surface area contributed by atoms with E-state index < -0.39 is 0 Å². The molecule has 94 valence electrons. The number of carbonyl (C=O) groups excluding carboxylic acids is 1. The molecule has 1 amide bonds. The van der Waals surface area contributed by atoms with Crippen LogP contribution in [-0.4, -0.2) is 10.9 Å². The number of benzene rings is 1. The van der Waals surface area contributed by atoms with Gasteiger partial charge in [-0.25, -0.2) is 0 Å². The zero-order chi connectivity index (χ0) is 13.2. The van der Waals surface area contributed by atoms with Gasteiger partial charge in [-0.1, -0.05) is 36.4 Å². The molecule has 0 aliphatic carbocycles. The van der Waals surface area contributed by atoms with Gasteiger partial charge in [0.2, 0.25) is 5.91 Å².